The van der Waals surface area contributed by atoms with Crippen molar-refractivity contribution in [3.05, 3.63) is 28.8 Å². The molecule has 0 aromatic heterocycles. The number of methoxy groups -OCH3 is 1. The lowest BCUT2D eigenvalue weighted by molar-refractivity contribution is -0.157. The Kier molecular flexibility index (Phi) is 7.23. The molecule has 7 nitrogen and oxygen atoms in total. The third-order valence-corrected chi connectivity index (χ3v) is 3.25. The van der Waals surface area contributed by atoms with E-state index in [2.05, 4.69) is 5.32 Å². The molecule has 0 saturated carbocycles. The van der Waals surface area contributed by atoms with Crippen LogP contribution >= 0.6 is 0 Å². The first kappa shape index (κ1) is 19.5. The zero-order valence-corrected chi connectivity index (χ0v) is 14.6. The Morgan fingerprint density at radius 1 is 1.00 bits per heavy atom. The number of carbonyl (C=O) groups is 3. The number of esters is 2. The molecule has 0 unspecified atom stereocenters. The predicted molar refractivity (Wildman–Crippen MR) is 87.0 cm³/mol. The van der Waals surface area contributed by atoms with Crippen molar-refractivity contribution in [2.24, 2.45) is 0 Å². The first-order valence-corrected chi connectivity index (χ1v) is 7.65. The molecule has 7 heteroatoms. The van der Waals surface area contributed by atoms with E-state index in [0.29, 0.717) is 11.3 Å². The van der Waals surface area contributed by atoms with Crippen molar-refractivity contribution in [2.75, 3.05) is 20.3 Å². The first-order valence-electron chi connectivity index (χ1n) is 7.65. The molecular formula is C17H23NO6. The third kappa shape index (κ3) is 4.71. The Labute approximate surface area is 141 Å². The lowest BCUT2D eigenvalue weighted by Gasteiger charge is -2.17. The molecule has 0 radical (unpaired) electrons. The lowest BCUT2D eigenvalue weighted by atomic mass is 10.0. The summed E-state index contributed by atoms with van der Waals surface area (Å²) in [4.78, 5) is 36.2. The number of amides is 1. The molecule has 1 amide bonds. The summed E-state index contributed by atoms with van der Waals surface area (Å²) in [5.74, 6) is -1.61. The number of ether oxygens (including phenoxy) is 3. The van der Waals surface area contributed by atoms with Crippen LogP contribution < -0.4 is 10.1 Å². The molecule has 0 aliphatic heterocycles. The Morgan fingerprint density at radius 2 is 1.46 bits per heavy atom. The lowest BCUT2D eigenvalue weighted by Crippen LogP contribution is -2.48. The van der Waals surface area contributed by atoms with Gasteiger partial charge in [0, 0.05) is 5.56 Å². The van der Waals surface area contributed by atoms with E-state index in [4.69, 9.17) is 14.2 Å². The van der Waals surface area contributed by atoms with Crippen molar-refractivity contribution in [2.45, 2.75) is 33.7 Å². The number of hydrogen-bond donors (Lipinski definition) is 1. The van der Waals surface area contributed by atoms with Crippen LogP contribution in [0.15, 0.2) is 12.1 Å². The van der Waals surface area contributed by atoms with Gasteiger partial charge in [0.1, 0.15) is 5.75 Å². The summed E-state index contributed by atoms with van der Waals surface area (Å²) in [6, 6.07) is 1.74. The van der Waals surface area contributed by atoms with Crippen LogP contribution in [0.3, 0.4) is 0 Å². The van der Waals surface area contributed by atoms with Gasteiger partial charge in [-0.15, -0.1) is 0 Å². The van der Waals surface area contributed by atoms with Gasteiger partial charge >= 0.3 is 11.9 Å². The Hall–Kier alpha value is -2.57. The Bertz CT molecular complexity index is 585. The van der Waals surface area contributed by atoms with Crippen molar-refractivity contribution in [1.82, 2.24) is 5.32 Å². The van der Waals surface area contributed by atoms with Crippen molar-refractivity contribution in [3.8, 4) is 5.75 Å². The summed E-state index contributed by atoms with van der Waals surface area (Å²) < 4.78 is 14.9. The summed E-state index contributed by atoms with van der Waals surface area (Å²) in [5, 5.41) is 2.37. The average molecular weight is 337 g/mol. The highest BCUT2D eigenvalue weighted by atomic mass is 16.6. The van der Waals surface area contributed by atoms with Crippen molar-refractivity contribution < 1.29 is 28.6 Å². The van der Waals surface area contributed by atoms with Crippen molar-refractivity contribution >= 4 is 17.8 Å². The van der Waals surface area contributed by atoms with Gasteiger partial charge in [0.15, 0.2) is 0 Å². The summed E-state index contributed by atoms with van der Waals surface area (Å²) >= 11 is 0. The second kappa shape index (κ2) is 8.90. The first-order chi connectivity index (χ1) is 11.3. The number of carbonyl (C=O) groups excluding carboxylic acids is 3. The molecule has 1 aromatic carbocycles. The van der Waals surface area contributed by atoms with Gasteiger partial charge in [0.05, 0.1) is 20.3 Å². The summed E-state index contributed by atoms with van der Waals surface area (Å²) in [6.45, 7) is 7.00. The molecule has 0 atom stereocenters. The minimum atomic E-state index is -1.50. The number of rotatable bonds is 7. The number of aryl methyl sites for hydroxylation is 2. The Balaban J connectivity index is 3.03. The third-order valence-electron chi connectivity index (χ3n) is 3.25. The molecule has 0 spiro atoms. The maximum Gasteiger partial charge on any atom is 0.340 e. The van der Waals surface area contributed by atoms with Gasteiger partial charge in [0.25, 0.3) is 5.91 Å². The predicted octanol–water partition coefficient (Wildman–Crippen LogP) is 1.54. The highest BCUT2D eigenvalue weighted by Gasteiger charge is 2.31. The molecule has 1 rings (SSSR count). The fourth-order valence-corrected chi connectivity index (χ4v) is 2.28. The molecule has 24 heavy (non-hydrogen) atoms. The standard InChI is InChI=1S/C17H23NO6/c1-6-23-16(20)13(17(21)24-7-2)18-15(19)12-8-10(3)14(22-5)11(4)9-12/h8-9,13H,6-7H2,1-5H3,(H,18,19). The van der Waals surface area contributed by atoms with E-state index >= 15 is 0 Å². The average Bonchev–Trinajstić information content (AvgIpc) is 2.52. The van der Waals surface area contributed by atoms with Crippen LogP contribution in [0, 0.1) is 13.8 Å². The maximum absolute atomic E-state index is 12.4. The second-order valence-corrected chi connectivity index (χ2v) is 5.05. The molecule has 1 aromatic rings. The molecular weight excluding hydrogens is 314 g/mol. The SMILES string of the molecule is CCOC(=O)C(NC(=O)c1cc(C)c(OC)c(C)c1)C(=O)OCC. The Morgan fingerprint density at radius 3 is 1.83 bits per heavy atom. The van der Waals surface area contributed by atoms with Gasteiger partial charge in [-0.1, -0.05) is 0 Å². The molecule has 0 fully saturated rings. The summed E-state index contributed by atoms with van der Waals surface area (Å²) in [5.41, 5.74) is 1.85. The van der Waals surface area contributed by atoms with E-state index in [1.165, 1.54) is 0 Å². The fraction of sp³-hybridized carbons (Fsp3) is 0.471. The van der Waals surface area contributed by atoms with Gasteiger partial charge < -0.3 is 19.5 Å². The van der Waals surface area contributed by atoms with E-state index in [0.717, 1.165) is 11.1 Å². The van der Waals surface area contributed by atoms with Gasteiger partial charge in [-0.25, -0.2) is 9.59 Å². The van der Waals surface area contributed by atoms with E-state index in [1.54, 1.807) is 46.9 Å². The van der Waals surface area contributed by atoms with E-state index < -0.39 is 23.9 Å². The van der Waals surface area contributed by atoms with Crippen LogP contribution in [0.5, 0.6) is 5.75 Å². The highest BCUT2D eigenvalue weighted by Crippen LogP contribution is 2.24. The number of nitrogens with one attached hydrogen (secondary N) is 1. The van der Waals surface area contributed by atoms with Crippen LogP contribution in [-0.4, -0.2) is 44.2 Å². The molecule has 0 saturated heterocycles. The van der Waals surface area contributed by atoms with Crippen LogP contribution in [0.1, 0.15) is 35.3 Å². The maximum atomic E-state index is 12.4. The summed E-state index contributed by atoms with van der Waals surface area (Å²) in [6.07, 6.45) is 0. The number of hydrogen-bond acceptors (Lipinski definition) is 6. The van der Waals surface area contributed by atoms with Crippen LogP contribution in [0.25, 0.3) is 0 Å². The van der Waals surface area contributed by atoms with E-state index in [1.807, 2.05) is 0 Å². The molecule has 132 valence electrons. The van der Waals surface area contributed by atoms with Gasteiger partial charge in [-0.2, -0.15) is 0 Å². The van der Waals surface area contributed by atoms with E-state index in [9.17, 15) is 14.4 Å². The van der Waals surface area contributed by atoms with Crippen LogP contribution in [0.4, 0.5) is 0 Å². The number of benzene rings is 1. The fourth-order valence-electron chi connectivity index (χ4n) is 2.28. The topological polar surface area (TPSA) is 90.9 Å². The highest BCUT2D eigenvalue weighted by molar-refractivity contribution is 6.05. The molecule has 0 bridgehead atoms. The second-order valence-electron chi connectivity index (χ2n) is 5.05. The molecule has 0 heterocycles. The molecule has 1 N–H and O–H groups in total. The quantitative estimate of drug-likeness (QED) is 0.599. The van der Waals surface area contributed by atoms with Crippen molar-refractivity contribution in [1.29, 1.82) is 0 Å². The van der Waals surface area contributed by atoms with Crippen LogP contribution in [0.2, 0.25) is 0 Å². The normalized spacial score (nSPS) is 10.2. The van der Waals surface area contributed by atoms with E-state index in [-0.39, 0.29) is 13.2 Å². The smallest absolute Gasteiger partial charge is 0.340 e. The van der Waals surface area contributed by atoms with Gasteiger partial charge in [-0.3, -0.25) is 4.79 Å². The monoisotopic (exact) mass is 337 g/mol. The largest absolute Gasteiger partial charge is 0.496 e. The van der Waals surface area contributed by atoms with Crippen LogP contribution in [-0.2, 0) is 19.1 Å². The molecule has 0 aliphatic carbocycles. The minimum absolute atomic E-state index is 0.0887. The van der Waals surface area contributed by atoms with Crippen molar-refractivity contribution in [3.63, 3.8) is 0 Å². The van der Waals surface area contributed by atoms with Gasteiger partial charge in [-0.05, 0) is 51.0 Å². The van der Waals surface area contributed by atoms with Gasteiger partial charge in [0.2, 0.25) is 6.04 Å². The molecule has 0 aliphatic rings. The summed E-state index contributed by atoms with van der Waals surface area (Å²) in [7, 11) is 1.55. The zero-order chi connectivity index (χ0) is 18.3. The zero-order valence-electron chi connectivity index (χ0n) is 14.6. The minimum Gasteiger partial charge on any atom is -0.496 e.